The number of amides is 1. The summed E-state index contributed by atoms with van der Waals surface area (Å²) in [6, 6.07) is 0.560. The second-order valence-electron chi connectivity index (χ2n) is 8.29. The number of hydrogen-bond acceptors (Lipinski definition) is 4. The fourth-order valence-corrected chi connectivity index (χ4v) is 5.73. The second-order valence-corrected chi connectivity index (χ2v) is 10.4. The van der Waals surface area contributed by atoms with Crippen LogP contribution in [0, 0.1) is 11.8 Å². The number of unbranched alkanes of at least 4 members (excludes halogenated alkanes) is 1. The lowest BCUT2D eigenvalue weighted by Crippen LogP contribution is -2.49. The molecule has 8 heteroatoms. The highest BCUT2D eigenvalue weighted by molar-refractivity contribution is 7.89. The Bertz CT molecular complexity index is 567. The quantitative estimate of drug-likeness (QED) is 0.652. The molecule has 0 aromatic heterocycles. The number of piperidine rings is 2. The van der Waals surface area contributed by atoms with Gasteiger partial charge < -0.3 is 10.2 Å². The van der Waals surface area contributed by atoms with E-state index in [1.54, 1.807) is 4.31 Å². The van der Waals surface area contributed by atoms with Crippen molar-refractivity contribution in [3.05, 3.63) is 0 Å². The van der Waals surface area contributed by atoms with E-state index in [2.05, 4.69) is 5.32 Å². The van der Waals surface area contributed by atoms with Crippen molar-refractivity contribution in [3.63, 3.8) is 0 Å². The molecule has 0 aromatic carbocycles. The van der Waals surface area contributed by atoms with Crippen LogP contribution in [0.5, 0.6) is 0 Å². The van der Waals surface area contributed by atoms with Crippen LogP contribution >= 0.6 is 12.4 Å². The largest absolute Gasteiger partial charge is 0.342 e. The van der Waals surface area contributed by atoms with E-state index < -0.39 is 10.0 Å². The maximum Gasteiger partial charge on any atom is 0.225 e. The molecule has 0 atom stereocenters. The Hall–Kier alpha value is -0.370. The first-order valence-electron chi connectivity index (χ1n) is 10.5. The molecule has 0 spiro atoms. The Morgan fingerprint density at radius 3 is 2.19 bits per heavy atom. The zero-order chi connectivity index (χ0) is 18.6. The van der Waals surface area contributed by atoms with Gasteiger partial charge in [0.25, 0.3) is 0 Å². The molecule has 3 rings (SSSR count). The average molecular weight is 422 g/mol. The third-order valence-electron chi connectivity index (χ3n) is 6.15. The molecule has 2 aliphatic heterocycles. The van der Waals surface area contributed by atoms with Gasteiger partial charge in [-0.3, -0.25) is 4.79 Å². The number of nitrogens with one attached hydrogen (secondary N) is 1. The van der Waals surface area contributed by atoms with Gasteiger partial charge in [0.1, 0.15) is 0 Å². The molecule has 3 aliphatic rings. The predicted octanol–water partition coefficient (Wildman–Crippen LogP) is 2.24. The molecule has 158 valence electrons. The fourth-order valence-electron chi connectivity index (χ4n) is 4.05. The molecular formula is C19H36ClN3O3S. The van der Waals surface area contributed by atoms with Gasteiger partial charge in [-0.2, -0.15) is 0 Å². The predicted molar refractivity (Wildman–Crippen MR) is 111 cm³/mol. The van der Waals surface area contributed by atoms with Crippen LogP contribution in [0.4, 0.5) is 0 Å². The molecule has 2 saturated heterocycles. The monoisotopic (exact) mass is 421 g/mol. The fraction of sp³-hybridized carbons (Fsp3) is 0.947. The van der Waals surface area contributed by atoms with E-state index in [0.717, 1.165) is 44.8 Å². The molecule has 27 heavy (non-hydrogen) atoms. The van der Waals surface area contributed by atoms with Gasteiger partial charge in [-0.25, -0.2) is 12.7 Å². The summed E-state index contributed by atoms with van der Waals surface area (Å²) in [5.74, 6) is 1.39. The van der Waals surface area contributed by atoms with Gasteiger partial charge in [0.05, 0.1) is 5.75 Å². The van der Waals surface area contributed by atoms with Gasteiger partial charge in [0.2, 0.25) is 15.9 Å². The van der Waals surface area contributed by atoms with Crippen molar-refractivity contribution in [2.45, 2.75) is 64.3 Å². The van der Waals surface area contributed by atoms with E-state index in [9.17, 15) is 13.2 Å². The summed E-state index contributed by atoms with van der Waals surface area (Å²) in [5, 5.41) is 3.65. The molecule has 3 fully saturated rings. The Balaban J connectivity index is 0.00000261. The summed E-state index contributed by atoms with van der Waals surface area (Å²) < 4.78 is 26.2. The number of halogens is 1. The number of sulfonamides is 1. The molecule has 6 nitrogen and oxygen atoms in total. The van der Waals surface area contributed by atoms with Gasteiger partial charge in [-0.1, -0.05) is 13.3 Å². The summed E-state index contributed by atoms with van der Waals surface area (Å²) in [6.07, 6.45) is 7.78. The summed E-state index contributed by atoms with van der Waals surface area (Å²) in [7, 11) is -3.13. The van der Waals surface area contributed by atoms with Crippen LogP contribution in [0.15, 0.2) is 0 Å². The number of carbonyl (C=O) groups is 1. The van der Waals surface area contributed by atoms with E-state index in [1.807, 2.05) is 11.8 Å². The molecule has 1 amide bonds. The molecule has 0 unspecified atom stereocenters. The number of nitrogens with zero attached hydrogens (tertiary/aromatic N) is 2. The molecular weight excluding hydrogens is 386 g/mol. The molecule has 0 radical (unpaired) electrons. The SMILES string of the molecule is CCCCS(=O)(=O)N1CCC(C(=O)N2CCC(NCC3CC3)CC2)CC1.Cl. The lowest BCUT2D eigenvalue weighted by Gasteiger charge is -2.37. The van der Waals surface area contributed by atoms with Crippen LogP contribution in [0.1, 0.15) is 58.3 Å². The van der Waals surface area contributed by atoms with Crippen LogP contribution in [0.3, 0.4) is 0 Å². The van der Waals surface area contributed by atoms with E-state index in [-0.39, 0.29) is 30.0 Å². The van der Waals surface area contributed by atoms with Gasteiger partial charge in [-0.15, -0.1) is 12.4 Å². The summed E-state index contributed by atoms with van der Waals surface area (Å²) in [4.78, 5) is 14.8. The Morgan fingerprint density at radius 2 is 1.63 bits per heavy atom. The summed E-state index contributed by atoms with van der Waals surface area (Å²) in [5.41, 5.74) is 0. The summed E-state index contributed by atoms with van der Waals surface area (Å²) >= 11 is 0. The summed E-state index contributed by atoms with van der Waals surface area (Å²) in [6.45, 7) is 5.84. The van der Waals surface area contributed by atoms with Gasteiger partial charge in [-0.05, 0) is 57.4 Å². The zero-order valence-electron chi connectivity index (χ0n) is 16.6. The molecule has 0 bridgehead atoms. The first kappa shape index (κ1) is 22.9. The van der Waals surface area contributed by atoms with Crippen LogP contribution in [0.25, 0.3) is 0 Å². The Kier molecular flexibility index (Phi) is 8.84. The van der Waals surface area contributed by atoms with Gasteiger partial charge in [0, 0.05) is 38.1 Å². The lowest BCUT2D eigenvalue weighted by atomic mass is 9.95. The number of carbonyl (C=O) groups excluding carboxylic acids is 1. The maximum atomic E-state index is 12.8. The normalized spacial score (nSPS) is 23.2. The highest BCUT2D eigenvalue weighted by Crippen LogP contribution is 2.28. The Labute approximate surface area is 170 Å². The van der Waals surface area contributed by atoms with Crippen LogP contribution in [0.2, 0.25) is 0 Å². The number of hydrogen-bond donors (Lipinski definition) is 1. The highest BCUT2D eigenvalue weighted by Gasteiger charge is 2.34. The number of rotatable bonds is 8. The van der Waals surface area contributed by atoms with Gasteiger partial charge in [0.15, 0.2) is 0 Å². The molecule has 1 aliphatic carbocycles. The van der Waals surface area contributed by atoms with Crippen LogP contribution in [-0.4, -0.2) is 68.0 Å². The first-order valence-corrected chi connectivity index (χ1v) is 12.1. The third-order valence-corrected chi connectivity index (χ3v) is 8.11. The zero-order valence-corrected chi connectivity index (χ0v) is 18.2. The Morgan fingerprint density at radius 1 is 1.00 bits per heavy atom. The smallest absolute Gasteiger partial charge is 0.225 e. The van der Waals surface area contributed by atoms with E-state index in [4.69, 9.17) is 0 Å². The minimum atomic E-state index is -3.13. The van der Waals surface area contributed by atoms with Crippen molar-refractivity contribution in [2.75, 3.05) is 38.5 Å². The van der Waals surface area contributed by atoms with Gasteiger partial charge >= 0.3 is 0 Å². The van der Waals surface area contributed by atoms with E-state index in [0.29, 0.717) is 38.4 Å². The minimum Gasteiger partial charge on any atom is -0.342 e. The second kappa shape index (κ2) is 10.4. The minimum absolute atomic E-state index is 0. The standard InChI is InChI=1S/C19H35N3O3S.ClH/c1-2-3-14-26(24,25)22-12-6-17(7-13-22)19(23)21-10-8-18(9-11-21)20-15-16-4-5-16;/h16-18,20H,2-15H2,1H3;1H. The maximum absolute atomic E-state index is 12.8. The molecule has 0 aromatic rings. The first-order chi connectivity index (χ1) is 12.5. The van der Waals surface area contributed by atoms with Crippen LogP contribution < -0.4 is 5.32 Å². The van der Waals surface area contributed by atoms with Crippen molar-refractivity contribution in [1.82, 2.24) is 14.5 Å². The van der Waals surface area contributed by atoms with Crippen molar-refractivity contribution < 1.29 is 13.2 Å². The van der Waals surface area contributed by atoms with E-state index in [1.165, 1.54) is 12.8 Å². The molecule has 2 heterocycles. The van der Waals surface area contributed by atoms with E-state index >= 15 is 0 Å². The van der Waals surface area contributed by atoms with Crippen molar-refractivity contribution in [2.24, 2.45) is 11.8 Å². The van der Waals surface area contributed by atoms with Crippen molar-refractivity contribution in [1.29, 1.82) is 0 Å². The topological polar surface area (TPSA) is 69.7 Å². The van der Waals surface area contributed by atoms with Crippen molar-refractivity contribution in [3.8, 4) is 0 Å². The third kappa shape index (κ3) is 6.58. The molecule has 1 saturated carbocycles. The highest BCUT2D eigenvalue weighted by atomic mass is 35.5. The lowest BCUT2D eigenvalue weighted by molar-refractivity contribution is -0.137. The van der Waals surface area contributed by atoms with Crippen molar-refractivity contribution >= 4 is 28.3 Å². The molecule has 1 N–H and O–H groups in total. The van der Waals surface area contributed by atoms with Crippen LogP contribution in [-0.2, 0) is 14.8 Å². The average Bonchev–Trinajstić information content (AvgIpc) is 3.49. The number of likely N-dealkylation sites (tertiary alicyclic amines) is 1.